The van der Waals surface area contributed by atoms with Gasteiger partial charge >= 0.3 is 0 Å². The minimum atomic E-state index is 0.296. The molecule has 1 aliphatic rings. The van der Waals surface area contributed by atoms with Crippen molar-refractivity contribution < 1.29 is 9.47 Å². The number of hydrogen-bond acceptors (Lipinski definition) is 4. The van der Waals surface area contributed by atoms with E-state index in [9.17, 15) is 0 Å². The van der Waals surface area contributed by atoms with Crippen molar-refractivity contribution in [1.29, 1.82) is 0 Å². The molecule has 0 saturated carbocycles. The molecule has 1 heterocycles. The fraction of sp³-hybridized carbons (Fsp3) is 0.647. The molecule has 0 spiro atoms. The molecule has 4 nitrogen and oxygen atoms in total. The van der Waals surface area contributed by atoms with Crippen LogP contribution in [0.3, 0.4) is 0 Å². The van der Waals surface area contributed by atoms with Crippen molar-refractivity contribution in [1.82, 2.24) is 5.32 Å². The molecule has 118 valence electrons. The van der Waals surface area contributed by atoms with Crippen molar-refractivity contribution >= 4 is 5.69 Å². The summed E-state index contributed by atoms with van der Waals surface area (Å²) in [6, 6.07) is 6.75. The summed E-state index contributed by atoms with van der Waals surface area (Å²) in [7, 11) is 1.73. The maximum Gasteiger partial charge on any atom is 0.0726 e. The lowest BCUT2D eigenvalue weighted by atomic mass is 10.1. The third kappa shape index (κ3) is 4.70. The summed E-state index contributed by atoms with van der Waals surface area (Å²) in [6.45, 7) is 10.9. The molecule has 0 bridgehead atoms. The van der Waals surface area contributed by atoms with Crippen LogP contribution in [-0.4, -0.2) is 45.6 Å². The number of ether oxygens (including phenoxy) is 2. The second kappa shape index (κ2) is 7.78. The number of anilines is 1. The summed E-state index contributed by atoms with van der Waals surface area (Å²) >= 11 is 0. The molecule has 0 aromatic heterocycles. The minimum Gasteiger partial charge on any atom is -0.383 e. The van der Waals surface area contributed by atoms with Crippen LogP contribution in [0, 0.1) is 6.92 Å². The van der Waals surface area contributed by atoms with Crippen LogP contribution in [0.4, 0.5) is 5.69 Å². The highest BCUT2D eigenvalue weighted by molar-refractivity contribution is 5.51. The van der Waals surface area contributed by atoms with Crippen LogP contribution >= 0.6 is 0 Å². The predicted molar refractivity (Wildman–Crippen MR) is 87.0 cm³/mol. The van der Waals surface area contributed by atoms with Gasteiger partial charge < -0.3 is 19.7 Å². The Morgan fingerprint density at radius 2 is 2.00 bits per heavy atom. The normalized spacial score (nSPS) is 22.6. The summed E-state index contributed by atoms with van der Waals surface area (Å²) in [4.78, 5) is 2.42. The smallest absolute Gasteiger partial charge is 0.0726 e. The van der Waals surface area contributed by atoms with Gasteiger partial charge in [-0.15, -0.1) is 0 Å². The lowest BCUT2D eigenvalue weighted by Gasteiger charge is -2.37. The summed E-state index contributed by atoms with van der Waals surface area (Å²) in [5.74, 6) is 0. The molecular formula is C17H28N2O2. The molecule has 4 heteroatoms. The van der Waals surface area contributed by atoms with Crippen LogP contribution < -0.4 is 10.2 Å². The minimum absolute atomic E-state index is 0.296. The molecule has 21 heavy (non-hydrogen) atoms. The molecule has 0 aliphatic carbocycles. The van der Waals surface area contributed by atoms with Crippen LogP contribution in [0.2, 0.25) is 0 Å². The average Bonchev–Trinajstić information content (AvgIpc) is 2.44. The van der Waals surface area contributed by atoms with Gasteiger partial charge in [-0.2, -0.15) is 0 Å². The monoisotopic (exact) mass is 292 g/mol. The van der Waals surface area contributed by atoms with Crippen LogP contribution in [0.5, 0.6) is 0 Å². The lowest BCUT2D eigenvalue weighted by Crippen LogP contribution is -2.45. The Labute approximate surface area is 128 Å². The number of nitrogens with one attached hydrogen (secondary N) is 1. The molecule has 0 amide bonds. The van der Waals surface area contributed by atoms with E-state index in [1.165, 1.54) is 16.8 Å². The Hall–Kier alpha value is -1.10. The zero-order valence-corrected chi connectivity index (χ0v) is 13.7. The predicted octanol–water partition coefficient (Wildman–Crippen LogP) is 2.34. The van der Waals surface area contributed by atoms with Gasteiger partial charge in [0, 0.05) is 39.0 Å². The number of benzene rings is 1. The number of hydrogen-bond donors (Lipinski definition) is 1. The first-order chi connectivity index (χ1) is 10.1. The van der Waals surface area contributed by atoms with E-state index in [4.69, 9.17) is 9.47 Å². The zero-order valence-electron chi connectivity index (χ0n) is 13.7. The van der Waals surface area contributed by atoms with Crippen molar-refractivity contribution in [2.24, 2.45) is 0 Å². The first-order valence-electron chi connectivity index (χ1n) is 7.79. The van der Waals surface area contributed by atoms with Crippen molar-refractivity contribution in [3.05, 3.63) is 29.3 Å². The first-order valence-corrected chi connectivity index (χ1v) is 7.79. The highest BCUT2D eigenvalue weighted by Gasteiger charge is 2.22. The van der Waals surface area contributed by atoms with Gasteiger partial charge in [0.15, 0.2) is 0 Å². The van der Waals surface area contributed by atoms with E-state index in [0.29, 0.717) is 12.2 Å². The summed E-state index contributed by atoms with van der Waals surface area (Å²) in [6.07, 6.45) is 0.592. The largest absolute Gasteiger partial charge is 0.383 e. The first kappa shape index (κ1) is 16.3. The maximum atomic E-state index is 5.80. The quantitative estimate of drug-likeness (QED) is 0.816. The highest BCUT2D eigenvalue weighted by Crippen LogP contribution is 2.23. The molecule has 2 atom stereocenters. The Morgan fingerprint density at radius 3 is 2.62 bits per heavy atom. The SMILES string of the molecule is COCCNCc1ccc(N2C[C@@H](C)O[C@@H](C)C2)cc1C. The summed E-state index contributed by atoms with van der Waals surface area (Å²) in [5, 5.41) is 3.40. The van der Waals surface area contributed by atoms with Gasteiger partial charge in [0.1, 0.15) is 0 Å². The molecular weight excluding hydrogens is 264 g/mol. The fourth-order valence-electron chi connectivity index (χ4n) is 2.86. The van der Waals surface area contributed by atoms with Gasteiger partial charge in [-0.3, -0.25) is 0 Å². The molecule has 1 aliphatic heterocycles. The third-order valence-electron chi connectivity index (χ3n) is 3.91. The van der Waals surface area contributed by atoms with Crippen molar-refractivity contribution in [2.45, 2.75) is 39.5 Å². The number of morpholine rings is 1. The van der Waals surface area contributed by atoms with Crippen molar-refractivity contribution in [3.63, 3.8) is 0 Å². The van der Waals surface area contributed by atoms with E-state index in [1.807, 2.05) is 0 Å². The second-order valence-corrected chi connectivity index (χ2v) is 5.94. The topological polar surface area (TPSA) is 33.7 Å². The molecule has 1 N–H and O–H groups in total. The molecule has 0 radical (unpaired) electrons. The maximum absolute atomic E-state index is 5.80. The molecule has 1 aromatic rings. The molecule has 0 unspecified atom stereocenters. The van der Waals surface area contributed by atoms with E-state index < -0.39 is 0 Å². The molecule has 1 aromatic carbocycles. The van der Waals surface area contributed by atoms with Crippen molar-refractivity contribution in [2.75, 3.05) is 38.3 Å². The van der Waals surface area contributed by atoms with Gasteiger partial charge in [0.25, 0.3) is 0 Å². The molecule has 2 rings (SSSR count). The van der Waals surface area contributed by atoms with E-state index in [0.717, 1.165) is 32.8 Å². The highest BCUT2D eigenvalue weighted by atomic mass is 16.5. The number of nitrogens with zero attached hydrogens (tertiary/aromatic N) is 1. The van der Waals surface area contributed by atoms with Gasteiger partial charge in [0.2, 0.25) is 0 Å². The van der Waals surface area contributed by atoms with Gasteiger partial charge in [-0.25, -0.2) is 0 Å². The lowest BCUT2D eigenvalue weighted by molar-refractivity contribution is -0.00522. The van der Waals surface area contributed by atoms with Crippen LogP contribution in [0.1, 0.15) is 25.0 Å². The average molecular weight is 292 g/mol. The van der Waals surface area contributed by atoms with Crippen LogP contribution in [0.25, 0.3) is 0 Å². The Morgan fingerprint density at radius 1 is 1.29 bits per heavy atom. The summed E-state index contributed by atoms with van der Waals surface area (Å²) in [5.41, 5.74) is 3.99. The van der Waals surface area contributed by atoms with E-state index in [2.05, 4.69) is 49.2 Å². The Kier molecular flexibility index (Phi) is 6.03. The standard InChI is InChI=1S/C17H28N2O2/c1-13-9-17(19-11-14(2)21-15(3)12-19)6-5-16(13)10-18-7-8-20-4/h5-6,9,14-15,18H,7-8,10-12H2,1-4H3/t14-,15+. The Balaban J connectivity index is 1.98. The molecule has 1 fully saturated rings. The summed E-state index contributed by atoms with van der Waals surface area (Å²) < 4.78 is 10.9. The second-order valence-electron chi connectivity index (χ2n) is 5.94. The number of aryl methyl sites for hydroxylation is 1. The van der Waals surface area contributed by atoms with Crippen LogP contribution in [-0.2, 0) is 16.0 Å². The molecule has 1 saturated heterocycles. The number of rotatable bonds is 6. The van der Waals surface area contributed by atoms with E-state index in [1.54, 1.807) is 7.11 Å². The van der Waals surface area contributed by atoms with Crippen LogP contribution in [0.15, 0.2) is 18.2 Å². The third-order valence-corrected chi connectivity index (χ3v) is 3.91. The van der Waals surface area contributed by atoms with Gasteiger partial charge in [0.05, 0.1) is 18.8 Å². The van der Waals surface area contributed by atoms with E-state index in [-0.39, 0.29) is 0 Å². The Bertz CT molecular complexity index is 440. The number of methoxy groups -OCH3 is 1. The van der Waals surface area contributed by atoms with Gasteiger partial charge in [-0.05, 0) is 44.0 Å². The zero-order chi connectivity index (χ0) is 15.2. The fourth-order valence-corrected chi connectivity index (χ4v) is 2.86. The van der Waals surface area contributed by atoms with E-state index >= 15 is 0 Å². The van der Waals surface area contributed by atoms with Gasteiger partial charge in [-0.1, -0.05) is 6.07 Å². The van der Waals surface area contributed by atoms with Crippen molar-refractivity contribution in [3.8, 4) is 0 Å².